The van der Waals surface area contributed by atoms with E-state index < -0.39 is 5.41 Å². The van der Waals surface area contributed by atoms with Crippen molar-refractivity contribution in [2.75, 3.05) is 26.4 Å². The summed E-state index contributed by atoms with van der Waals surface area (Å²) in [5.74, 6) is 1.44. The van der Waals surface area contributed by atoms with Gasteiger partial charge in [0.05, 0.1) is 18.6 Å². The van der Waals surface area contributed by atoms with Gasteiger partial charge in [-0.25, -0.2) is 0 Å². The number of thiophene rings is 2. The van der Waals surface area contributed by atoms with E-state index in [1.807, 2.05) is 36.4 Å². The fraction of sp³-hybridized carbons (Fsp3) is 0.102. The van der Waals surface area contributed by atoms with Crippen LogP contribution in [-0.4, -0.2) is 36.6 Å². The molecule has 9 rings (SSSR count). The highest BCUT2D eigenvalue weighted by molar-refractivity contribution is 7.08. The van der Waals surface area contributed by atoms with E-state index in [1.165, 1.54) is 44.5 Å². The van der Waals surface area contributed by atoms with Gasteiger partial charge in [0, 0.05) is 11.1 Å². The molecule has 4 nitrogen and oxygen atoms in total. The van der Waals surface area contributed by atoms with E-state index in [4.69, 9.17) is 9.47 Å². The van der Waals surface area contributed by atoms with Gasteiger partial charge in [-0.05, 0) is 137 Å². The van der Waals surface area contributed by atoms with E-state index in [0.717, 1.165) is 44.9 Å². The lowest BCUT2D eigenvalue weighted by molar-refractivity contribution is 0.202. The van der Waals surface area contributed by atoms with Gasteiger partial charge in [-0.15, -0.1) is 0 Å². The van der Waals surface area contributed by atoms with E-state index in [2.05, 4.69) is 131 Å². The average Bonchev–Trinajstić information content (AvgIpc) is 4.04. The summed E-state index contributed by atoms with van der Waals surface area (Å²) >= 11 is 3.41. The van der Waals surface area contributed by atoms with Gasteiger partial charge < -0.3 is 19.7 Å². The van der Waals surface area contributed by atoms with Crippen molar-refractivity contribution in [3.63, 3.8) is 0 Å². The number of benzene rings is 6. The van der Waals surface area contributed by atoms with Crippen LogP contribution in [0, 0.1) is 0 Å². The van der Waals surface area contributed by atoms with Gasteiger partial charge in [0.15, 0.2) is 0 Å². The largest absolute Gasteiger partial charge is 0.491 e. The summed E-state index contributed by atoms with van der Waals surface area (Å²) in [6.07, 6.45) is 0. The number of fused-ring (bicyclic) bond motifs is 3. The molecule has 0 fully saturated rings. The van der Waals surface area contributed by atoms with Crippen molar-refractivity contribution >= 4 is 22.7 Å². The van der Waals surface area contributed by atoms with Gasteiger partial charge in [-0.2, -0.15) is 22.7 Å². The molecule has 2 N–H and O–H groups in total. The lowest BCUT2D eigenvalue weighted by atomic mass is 9.66. The molecule has 0 aliphatic heterocycles. The Balaban J connectivity index is 1.38. The third-order valence-corrected chi connectivity index (χ3v) is 11.9. The third kappa shape index (κ3) is 6.27. The van der Waals surface area contributed by atoms with Crippen molar-refractivity contribution in [1.29, 1.82) is 0 Å². The normalized spacial score (nSPS) is 12.6. The first-order chi connectivity index (χ1) is 27.2. The van der Waals surface area contributed by atoms with Crippen molar-refractivity contribution in [1.82, 2.24) is 0 Å². The summed E-state index contributed by atoms with van der Waals surface area (Å²) in [7, 11) is 0. The molecule has 2 heterocycles. The van der Waals surface area contributed by atoms with Crippen LogP contribution in [0.3, 0.4) is 0 Å². The summed E-state index contributed by atoms with van der Waals surface area (Å²) in [6.45, 7) is 0.240. The zero-order chi connectivity index (χ0) is 37.2. The highest BCUT2D eigenvalue weighted by Crippen LogP contribution is 2.59. The van der Waals surface area contributed by atoms with Crippen LogP contribution in [-0.2, 0) is 5.41 Å². The Morgan fingerprint density at radius 2 is 0.873 bits per heavy atom. The predicted octanol–water partition coefficient (Wildman–Crippen LogP) is 11.6. The molecule has 0 amide bonds. The molecule has 0 bridgehead atoms. The average molecular weight is 755 g/mol. The van der Waals surface area contributed by atoms with Crippen molar-refractivity contribution in [3.05, 3.63) is 189 Å². The maximum atomic E-state index is 9.75. The first-order valence-corrected chi connectivity index (χ1v) is 20.3. The van der Waals surface area contributed by atoms with E-state index >= 15 is 0 Å². The second-order valence-electron chi connectivity index (χ2n) is 13.6. The molecule has 2 aromatic heterocycles. The Bertz CT molecular complexity index is 2380. The fourth-order valence-electron chi connectivity index (χ4n) is 8.11. The SMILES string of the molecule is OCCOc1ccc(C2(c3ccc(OCCO)c(-c4ccccc4)c3)c3ccc(-c4ccsc4)cc3-c3cc(-c4ccsc4)ccc32)cc1-c1ccccc1. The van der Waals surface area contributed by atoms with Crippen molar-refractivity contribution < 1.29 is 19.7 Å². The van der Waals surface area contributed by atoms with Gasteiger partial charge in [0.2, 0.25) is 0 Å². The first kappa shape index (κ1) is 35.0. The number of aliphatic hydroxyl groups is 2. The molecule has 0 saturated carbocycles. The van der Waals surface area contributed by atoms with Crippen molar-refractivity contribution in [2.24, 2.45) is 0 Å². The number of hydrogen-bond acceptors (Lipinski definition) is 6. The molecular formula is C49H38O4S2. The molecule has 6 heteroatoms. The summed E-state index contributed by atoms with van der Waals surface area (Å²) in [4.78, 5) is 0. The summed E-state index contributed by atoms with van der Waals surface area (Å²) in [5, 5.41) is 28.2. The van der Waals surface area contributed by atoms with Gasteiger partial charge >= 0.3 is 0 Å². The topological polar surface area (TPSA) is 58.9 Å². The van der Waals surface area contributed by atoms with Crippen LogP contribution in [0.2, 0.25) is 0 Å². The summed E-state index contributed by atoms with van der Waals surface area (Å²) < 4.78 is 12.4. The van der Waals surface area contributed by atoms with Gasteiger partial charge in [-0.3, -0.25) is 0 Å². The standard InChI is InChI=1S/C49H38O4S2/c50-21-23-52-47-17-13-39(29-41(47)33-7-3-1-4-8-33)49(40-14-18-48(53-24-22-51)42(30-40)34-9-5-2-6-10-34)45-15-11-35(37-19-25-54-31-37)27-43(45)44-28-36(12-16-46(44)49)38-20-26-55-32-38/h1-20,25-32,50-51H,21-24H2. The molecule has 6 aromatic carbocycles. The monoisotopic (exact) mass is 754 g/mol. The minimum Gasteiger partial charge on any atom is -0.491 e. The van der Waals surface area contributed by atoms with Crippen LogP contribution >= 0.6 is 22.7 Å². The van der Waals surface area contributed by atoms with E-state index in [1.54, 1.807) is 22.7 Å². The minimum absolute atomic E-state index is 0.0768. The van der Waals surface area contributed by atoms with Crippen LogP contribution in [0.1, 0.15) is 22.3 Å². The molecule has 55 heavy (non-hydrogen) atoms. The zero-order valence-corrected chi connectivity index (χ0v) is 31.7. The molecule has 8 aromatic rings. The minimum atomic E-state index is -0.747. The van der Waals surface area contributed by atoms with Crippen LogP contribution < -0.4 is 9.47 Å². The molecule has 0 spiro atoms. The Morgan fingerprint density at radius 1 is 0.418 bits per heavy atom. The molecule has 270 valence electrons. The summed E-state index contributed by atoms with van der Waals surface area (Å²) in [5.41, 5.74) is 14.9. The number of aliphatic hydroxyl groups excluding tert-OH is 2. The lowest BCUT2D eigenvalue weighted by Crippen LogP contribution is -2.29. The molecule has 1 aliphatic carbocycles. The second-order valence-corrected chi connectivity index (χ2v) is 15.2. The van der Waals surface area contributed by atoms with Crippen molar-refractivity contribution in [3.8, 4) is 67.1 Å². The second kappa shape index (κ2) is 15.2. The van der Waals surface area contributed by atoms with Gasteiger partial charge in [0.25, 0.3) is 0 Å². The molecule has 1 aliphatic rings. The Kier molecular flexibility index (Phi) is 9.65. The van der Waals surface area contributed by atoms with Crippen molar-refractivity contribution in [2.45, 2.75) is 5.41 Å². The zero-order valence-electron chi connectivity index (χ0n) is 30.0. The molecule has 0 atom stereocenters. The molecule has 0 saturated heterocycles. The number of ether oxygens (including phenoxy) is 2. The molecular weight excluding hydrogens is 717 g/mol. The van der Waals surface area contributed by atoms with Crippen LogP contribution in [0.15, 0.2) is 167 Å². The number of hydrogen-bond donors (Lipinski definition) is 2. The van der Waals surface area contributed by atoms with E-state index in [0.29, 0.717) is 0 Å². The van der Waals surface area contributed by atoms with Crippen LogP contribution in [0.5, 0.6) is 11.5 Å². The Labute approximate surface area is 329 Å². The maximum absolute atomic E-state index is 9.75. The first-order valence-electron chi connectivity index (χ1n) is 18.4. The Hall–Kier alpha value is -5.76. The van der Waals surface area contributed by atoms with E-state index in [-0.39, 0.29) is 26.4 Å². The van der Waals surface area contributed by atoms with E-state index in [9.17, 15) is 10.2 Å². The fourth-order valence-corrected chi connectivity index (χ4v) is 9.44. The quantitative estimate of drug-likeness (QED) is 0.130. The molecule has 0 unspecified atom stereocenters. The van der Waals surface area contributed by atoms with Crippen LogP contribution in [0.4, 0.5) is 0 Å². The third-order valence-electron chi connectivity index (χ3n) is 10.5. The predicted molar refractivity (Wildman–Crippen MR) is 226 cm³/mol. The smallest absolute Gasteiger partial charge is 0.127 e. The lowest BCUT2D eigenvalue weighted by Gasteiger charge is -2.35. The van der Waals surface area contributed by atoms with Gasteiger partial charge in [-0.1, -0.05) is 97.1 Å². The number of rotatable bonds is 12. The Morgan fingerprint density at radius 3 is 1.27 bits per heavy atom. The van der Waals surface area contributed by atoms with Crippen LogP contribution in [0.25, 0.3) is 55.6 Å². The highest BCUT2D eigenvalue weighted by atomic mass is 32.1. The van der Waals surface area contributed by atoms with Gasteiger partial charge in [0.1, 0.15) is 24.7 Å². The maximum Gasteiger partial charge on any atom is 0.127 e. The molecule has 0 radical (unpaired) electrons. The summed E-state index contributed by atoms with van der Waals surface area (Å²) in [6, 6.07) is 52.0. The highest BCUT2D eigenvalue weighted by Gasteiger charge is 2.47.